The Bertz CT molecular complexity index is 533. The Morgan fingerprint density at radius 1 is 1.10 bits per heavy atom. The summed E-state index contributed by atoms with van der Waals surface area (Å²) in [6.07, 6.45) is 5.57. The lowest BCUT2D eigenvalue weighted by Crippen LogP contribution is -2.23. The number of anilines is 1. The van der Waals surface area contributed by atoms with E-state index in [-0.39, 0.29) is 5.91 Å². The summed E-state index contributed by atoms with van der Waals surface area (Å²) in [6.45, 7) is 1.47. The van der Waals surface area contributed by atoms with Crippen molar-refractivity contribution in [3.8, 4) is 0 Å². The van der Waals surface area contributed by atoms with Crippen LogP contribution in [0.2, 0.25) is 0 Å². The average molecular weight is 270 g/mol. The molecule has 0 atom stereocenters. The lowest BCUT2D eigenvalue weighted by atomic mass is 10.3. The molecule has 0 aliphatic rings. The third-order valence-corrected chi connectivity index (χ3v) is 2.70. The Hall–Kier alpha value is -2.49. The molecule has 0 saturated heterocycles. The second-order valence-corrected chi connectivity index (χ2v) is 4.29. The van der Waals surface area contributed by atoms with Crippen LogP contribution in [0.1, 0.15) is 12.2 Å². The monoisotopic (exact) mass is 270 g/mol. The molecule has 1 aromatic carbocycles. The van der Waals surface area contributed by atoms with Crippen LogP contribution in [0.4, 0.5) is 5.69 Å². The highest BCUT2D eigenvalue weighted by Gasteiger charge is 1.96. The van der Waals surface area contributed by atoms with Crippen LogP contribution >= 0.6 is 0 Å². The van der Waals surface area contributed by atoms with Crippen LogP contribution in [0.3, 0.4) is 0 Å². The van der Waals surface area contributed by atoms with E-state index < -0.39 is 0 Å². The number of para-hydroxylation sites is 1. The van der Waals surface area contributed by atoms with Crippen molar-refractivity contribution >= 4 is 17.7 Å². The number of hydrogen-bond donors (Lipinski definition) is 2. The summed E-state index contributed by atoms with van der Waals surface area (Å²) in [7, 11) is 0. The molecular weight excluding hydrogens is 252 g/mol. The number of hydrogen-bond acceptors (Lipinski definition) is 3. The Labute approximate surface area is 118 Å². The summed E-state index contributed by atoms with van der Waals surface area (Å²) < 4.78 is 5.10. The Morgan fingerprint density at radius 2 is 1.95 bits per heavy atom. The van der Waals surface area contributed by atoms with Crippen LogP contribution in [0.15, 0.2) is 59.2 Å². The highest BCUT2D eigenvalue weighted by atomic mass is 16.3. The zero-order valence-electron chi connectivity index (χ0n) is 11.2. The second kappa shape index (κ2) is 7.84. The van der Waals surface area contributed by atoms with E-state index in [1.54, 1.807) is 24.5 Å². The molecule has 0 aliphatic heterocycles. The van der Waals surface area contributed by atoms with Gasteiger partial charge in [0.15, 0.2) is 0 Å². The molecule has 0 aliphatic carbocycles. The van der Waals surface area contributed by atoms with Crippen molar-refractivity contribution in [2.24, 2.45) is 0 Å². The highest BCUT2D eigenvalue weighted by molar-refractivity contribution is 5.91. The van der Waals surface area contributed by atoms with Crippen LogP contribution in [-0.2, 0) is 4.79 Å². The predicted octanol–water partition coefficient (Wildman–Crippen LogP) is 2.91. The molecule has 20 heavy (non-hydrogen) atoms. The Morgan fingerprint density at radius 3 is 2.70 bits per heavy atom. The fourth-order valence-corrected chi connectivity index (χ4v) is 1.69. The van der Waals surface area contributed by atoms with E-state index in [1.807, 2.05) is 30.3 Å². The highest BCUT2D eigenvalue weighted by Crippen LogP contribution is 2.04. The summed E-state index contributed by atoms with van der Waals surface area (Å²) in [5, 5.41) is 6.11. The minimum absolute atomic E-state index is 0.110. The van der Waals surface area contributed by atoms with E-state index in [9.17, 15) is 4.79 Å². The van der Waals surface area contributed by atoms with Gasteiger partial charge in [-0.25, -0.2) is 0 Å². The quantitative estimate of drug-likeness (QED) is 0.601. The Kier molecular flexibility index (Phi) is 5.46. The maximum Gasteiger partial charge on any atom is 0.244 e. The van der Waals surface area contributed by atoms with Crippen LogP contribution in [0.5, 0.6) is 0 Å². The first-order valence-electron chi connectivity index (χ1n) is 6.63. The van der Waals surface area contributed by atoms with Gasteiger partial charge in [0.1, 0.15) is 5.76 Å². The lowest BCUT2D eigenvalue weighted by Gasteiger charge is -2.06. The van der Waals surface area contributed by atoms with E-state index in [1.165, 1.54) is 6.08 Å². The van der Waals surface area contributed by atoms with Crippen molar-refractivity contribution < 1.29 is 9.21 Å². The van der Waals surface area contributed by atoms with E-state index >= 15 is 0 Å². The molecule has 1 aromatic heterocycles. The molecule has 0 spiro atoms. The number of rotatable bonds is 7. The molecule has 0 unspecified atom stereocenters. The first-order valence-corrected chi connectivity index (χ1v) is 6.63. The topological polar surface area (TPSA) is 54.3 Å². The minimum atomic E-state index is -0.110. The van der Waals surface area contributed by atoms with Gasteiger partial charge >= 0.3 is 0 Å². The largest absolute Gasteiger partial charge is 0.465 e. The minimum Gasteiger partial charge on any atom is -0.465 e. The fourth-order valence-electron chi connectivity index (χ4n) is 1.69. The summed E-state index contributed by atoms with van der Waals surface area (Å²) in [6, 6.07) is 13.6. The van der Waals surface area contributed by atoms with Crippen molar-refractivity contribution in [2.75, 3.05) is 18.4 Å². The maximum atomic E-state index is 11.5. The van der Waals surface area contributed by atoms with Gasteiger partial charge in [-0.15, -0.1) is 0 Å². The SMILES string of the molecule is O=C(C=Cc1ccco1)NCCCNc1ccccc1. The van der Waals surface area contributed by atoms with Gasteiger partial charge in [-0.1, -0.05) is 18.2 Å². The van der Waals surface area contributed by atoms with Gasteiger partial charge in [0.25, 0.3) is 0 Å². The molecule has 0 radical (unpaired) electrons. The van der Waals surface area contributed by atoms with Gasteiger partial charge < -0.3 is 15.1 Å². The zero-order chi connectivity index (χ0) is 14.0. The number of carbonyl (C=O) groups is 1. The van der Waals surface area contributed by atoms with Gasteiger partial charge in [0, 0.05) is 24.9 Å². The van der Waals surface area contributed by atoms with Crippen molar-refractivity contribution in [1.29, 1.82) is 0 Å². The first kappa shape index (κ1) is 13.9. The summed E-state index contributed by atoms with van der Waals surface area (Å²) in [5.74, 6) is 0.562. The van der Waals surface area contributed by atoms with Crippen molar-refractivity contribution in [1.82, 2.24) is 5.32 Å². The first-order chi connectivity index (χ1) is 9.84. The van der Waals surface area contributed by atoms with Crippen molar-refractivity contribution in [3.63, 3.8) is 0 Å². The molecule has 1 heterocycles. The van der Waals surface area contributed by atoms with Gasteiger partial charge in [-0.2, -0.15) is 0 Å². The fraction of sp³-hybridized carbons (Fsp3) is 0.188. The van der Waals surface area contributed by atoms with E-state index in [4.69, 9.17) is 4.42 Å². The van der Waals surface area contributed by atoms with Crippen LogP contribution in [0, 0.1) is 0 Å². The predicted molar refractivity (Wildman–Crippen MR) is 80.3 cm³/mol. The third-order valence-electron chi connectivity index (χ3n) is 2.70. The lowest BCUT2D eigenvalue weighted by molar-refractivity contribution is -0.116. The van der Waals surface area contributed by atoms with Gasteiger partial charge in [-0.3, -0.25) is 4.79 Å². The van der Waals surface area contributed by atoms with Crippen LogP contribution in [0.25, 0.3) is 6.08 Å². The molecule has 4 nitrogen and oxygen atoms in total. The molecule has 2 aromatic rings. The van der Waals surface area contributed by atoms with Crippen molar-refractivity contribution in [2.45, 2.75) is 6.42 Å². The average Bonchev–Trinajstić information content (AvgIpc) is 2.99. The number of furan rings is 1. The number of amides is 1. The zero-order valence-corrected chi connectivity index (χ0v) is 11.2. The summed E-state index contributed by atoms with van der Waals surface area (Å²) >= 11 is 0. The molecule has 1 amide bonds. The van der Waals surface area contributed by atoms with Crippen LogP contribution in [-0.4, -0.2) is 19.0 Å². The van der Waals surface area contributed by atoms with E-state index in [0.717, 1.165) is 18.7 Å². The van der Waals surface area contributed by atoms with Crippen molar-refractivity contribution in [3.05, 3.63) is 60.6 Å². The van der Waals surface area contributed by atoms with Gasteiger partial charge in [0.05, 0.1) is 6.26 Å². The summed E-state index contributed by atoms with van der Waals surface area (Å²) in [4.78, 5) is 11.5. The standard InChI is InChI=1S/C16H18N2O2/c19-16(10-9-15-8-4-13-20-15)18-12-5-11-17-14-6-2-1-3-7-14/h1-4,6-10,13,17H,5,11-12H2,(H,18,19). The van der Waals surface area contributed by atoms with Gasteiger partial charge in [-0.05, 0) is 36.8 Å². The maximum absolute atomic E-state index is 11.5. The molecule has 2 N–H and O–H groups in total. The van der Waals surface area contributed by atoms with Gasteiger partial charge in [0.2, 0.25) is 5.91 Å². The molecule has 4 heteroatoms. The van der Waals surface area contributed by atoms with E-state index in [2.05, 4.69) is 10.6 Å². The molecule has 0 saturated carbocycles. The summed E-state index contributed by atoms with van der Waals surface area (Å²) in [5.41, 5.74) is 1.09. The number of carbonyl (C=O) groups excluding carboxylic acids is 1. The second-order valence-electron chi connectivity index (χ2n) is 4.29. The third kappa shape index (κ3) is 5.02. The Balaban J connectivity index is 1.58. The molecule has 0 bridgehead atoms. The molecule has 104 valence electrons. The normalized spacial score (nSPS) is 10.6. The van der Waals surface area contributed by atoms with E-state index in [0.29, 0.717) is 12.3 Å². The molecular formula is C16H18N2O2. The van der Waals surface area contributed by atoms with Crippen LogP contribution < -0.4 is 10.6 Å². The number of nitrogens with one attached hydrogen (secondary N) is 2. The number of benzene rings is 1. The molecule has 2 rings (SSSR count). The smallest absolute Gasteiger partial charge is 0.244 e. The molecule has 0 fully saturated rings.